The molecule has 0 aromatic heterocycles. The summed E-state index contributed by atoms with van der Waals surface area (Å²) >= 11 is 0. The molecule has 2 aromatic carbocycles. The Morgan fingerprint density at radius 2 is 1.32 bits per heavy atom. The number of halogens is 6. The van der Waals surface area contributed by atoms with E-state index in [4.69, 9.17) is 5.11 Å². The van der Waals surface area contributed by atoms with Crippen molar-refractivity contribution in [1.82, 2.24) is 10.6 Å². The first-order chi connectivity index (χ1) is 17.4. The maximum Gasteiger partial charge on any atom is 0.416 e. The smallest absolute Gasteiger partial charge is 0.416 e. The molecule has 0 radical (unpaired) electrons. The molecule has 3 rings (SSSR count). The van der Waals surface area contributed by atoms with Crippen LogP contribution in [0.1, 0.15) is 85.1 Å². The van der Waals surface area contributed by atoms with E-state index in [2.05, 4.69) is 31.4 Å². The van der Waals surface area contributed by atoms with Gasteiger partial charge in [-0.3, -0.25) is 0 Å². The number of carbonyl (C=O) groups is 2. The number of amides is 2. The van der Waals surface area contributed by atoms with Crippen molar-refractivity contribution in [1.29, 1.82) is 0 Å². The van der Waals surface area contributed by atoms with Crippen molar-refractivity contribution >= 4 is 12.0 Å². The minimum absolute atomic E-state index is 0.0157. The summed E-state index contributed by atoms with van der Waals surface area (Å²) in [6.45, 7) is 6.42. The molecule has 3 N–H and O–H groups in total. The van der Waals surface area contributed by atoms with E-state index in [1.54, 1.807) is 0 Å². The van der Waals surface area contributed by atoms with Gasteiger partial charge in [0.1, 0.15) is 0 Å². The first-order valence-corrected chi connectivity index (χ1v) is 12.1. The predicted molar refractivity (Wildman–Crippen MR) is 129 cm³/mol. The fraction of sp³-hybridized carbons (Fsp3) is 0.481. The molecule has 0 bridgehead atoms. The van der Waals surface area contributed by atoms with Crippen molar-refractivity contribution in [2.75, 3.05) is 0 Å². The van der Waals surface area contributed by atoms with Gasteiger partial charge in [-0.05, 0) is 78.5 Å². The van der Waals surface area contributed by atoms with E-state index in [9.17, 15) is 35.9 Å². The van der Waals surface area contributed by atoms with Crippen molar-refractivity contribution in [3.63, 3.8) is 0 Å². The van der Waals surface area contributed by atoms with Gasteiger partial charge in [-0.2, -0.15) is 26.3 Å². The molecule has 38 heavy (non-hydrogen) atoms. The van der Waals surface area contributed by atoms with Crippen molar-refractivity contribution in [2.45, 2.75) is 70.9 Å². The third-order valence-electron chi connectivity index (χ3n) is 7.00. The molecule has 0 saturated heterocycles. The topological polar surface area (TPSA) is 78.4 Å². The van der Waals surface area contributed by atoms with Gasteiger partial charge in [0.05, 0.1) is 22.7 Å². The molecule has 1 saturated carbocycles. The molecule has 1 atom stereocenters. The molecule has 208 valence electrons. The number of hydrogen-bond acceptors (Lipinski definition) is 2. The van der Waals surface area contributed by atoms with Crippen LogP contribution in [0.15, 0.2) is 42.5 Å². The normalized spacial score (nSPS) is 19.5. The lowest BCUT2D eigenvalue weighted by Crippen LogP contribution is -2.45. The monoisotopic (exact) mass is 544 g/mol. The fourth-order valence-corrected chi connectivity index (χ4v) is 4.78. The van der Waals surface area contributed by atoms with Crippen molar-refractivity contribution in [2.24, 2.45) is 11.3 Å². The van der Waals surface area contributed by atoms with Crippen LogP contribution in [0.4, 0.5) is 31.1 Å². The maximum absolute atomic E-state index is 13.5. The average molecular weight is 545 g/mol. The number of nitrogens with one attached hydrogen (secondary N) is 2. The second kappa shape index (κ2) is 10.9. The summed E-state index contributed by atoms with van der Waals surface area (Å²) in [5, 5.41) is 14.5. The van der Waals surface area contributed by atoms with Gasteiger partial charge in [-0.1, -0.05) is 32.9 Å². The number of carboxylic acid groups (broad SMARTS) is 1. The first kappa shape index (κ1) is 29.3. The second-order valence-corrected chi connectivity index (χ2v) is 10.7. The number of alkyl halides is 6. The zero-order valence-corrected chi connectivity index (χ0v) is 21.1. The number of urea groups is 1. The van der Waals surface area contributed by atoms with E-state index in [-0.39, 0.29) is 28.7 Å². The van der Waals surface area contributed by atoms with E-state index in [1.165, 1.54) is 12.1 Å². The number of rotatable bonds is 5. The van der Waals surface area contributed by atoms with Crippen LogP contribution in [-0.2, 0) is 12.4 Å². The van der Waals surface area contributed by atoms with Crippen molar-refractivity contribution < 1.29 is 41.0 Å². The Kier molecular flexibility index (Phi) is 8.38. The van der Waals surface area contributed by atoms with Gasteiger partial charge < -0.3 is 15.7 Å². The zero-order chi connectivity index (χ0) is 28.5. The molecular formula is C27H30F6N2O3. The highest BCUT2D eigenvalue weighted by Gasteiger charge is 2.38. The Hall–Kier alpha value is -3.24. The summed E-state index contributed by atoms with van der Waals surface area (Å²) in [7, 11) is 0. The number of aromatic carboxylic acids is 1. The van der Waals surface area contributed by atoms with Crippen LogP contribution in [0.2, 0.25) is 0 Å². The Morgan fingerprint density at radius 1 is 0.816 bits per heavy atom. The summed E-state index contributed by atoms with van der Waals surface area (Å²) in [5.41, 5.74) is -3.38. The number of hydrogen-bond donors (Lipinski definition) is 3. The van der Waals surface area contributed by atoms with Crippen LogP contribution < -0.4 is 10.6 Å². The molecule has 0 aliphatic heterocycles. The Balaban J connectivity index is 1.94. The third kappa shape index (κ3) is 7.41. The zero-order valence-electron chi connectivity index (χ0n) is 21.1. The largest absolute Gasteiger partial charge is 0.478 e. The highest BCUT2D eigenvalue weighted by molar-refractivity contribution is 5.87. The molecular weight excluding hydrogens is 514 g/mol. The molecule has 11 heteroatoms. The van der Waals surface area contributed by atoms with Crippen LogP contribution in [0.5, 0.6) is 0 Å². The fourth-order valence-electron chi connectivity index (χ4n) is 4.78. The quantitative estimate of drug-likeness (QED) is 0.343. The van der Waals surface area contributed by atoms with Crippen LogP contribution in [0, 0.1) is 11.3 Å². The Labute approximate surface area is 216 Å². The molecule has 5 nitrogen and oxygen atoms in total. The summed E-state index contributed by atoms with van der Waals surface area (Å²) in [6.07, 6.45) is -7.01. The van der Waals surface area contributed by atoms with E-state index >= 15 is 0 Å². The predicted octanol–water partition coefficient (Wildman–Crippen LogP) is 7.42. The molecule has 1 fully saturated rings. The molecule has 2 aromatic rings. The van der Waals surface area contributed by atoms with E-state index in [0.717, 1.165) is 25.0 Å². The van der Waals surface area contributed by atoms with Crippen molar-refractivity contribution in [3.8, 4) is 0 Å². The highest BCUT2D eigenvalue weighted by Crippen LogP contribution is 2.39. The number of carbonyl (C=O) groups excluding carboxylic acids is 1. The average Bonchev–Trinajstić information content (AvgIpc) is 2.81. The maximum atomic E-state index is 13.5. The molecule has 0 spiro atoms. The third-order valence-corrected chi connectivity index (χ3v) is 7.00. The minimum Gasteiger partial charge on any atom is -0.478 e. The summed E-state index contributed by atoms with van der Waals surface area (Å²) in [6, 6.07) is 3.59. The SMILES string of the molecule is CC(C)(C)[C@H]1CC[C@H](NC(=O)NC(c2ccc(C(=O)O)cc2)c2cc(C(F)(F)F)cc(C(F)(F)F)c2)CC1. The summed E-state index contributed by atoms with van der Waals surface area (Å²) in [4.78, 5) is 24.1. The van der Waals surface area contributed by atoms with Gasteiger partial charge in [0.2, 0.25) is 0 Å². The van der Waals surface area contributed by atoms with Crippen LogP contribution in [0.25, 0.3) is 0 Å². The lowest BCUT2D eigenvalue weighted by Gasteiger charge is -2.37. The van der Waals surface area contributed by atoms with Gasteiger partial charge in [0.25, 0.3) is 0 Å². The highest BCUT2D eigenvalue weighted by atomic mass is 19.4. The van der Waals surface area contributed by atoms with Gasteiger partial charge >= 0.3 is 24.4 Å². The Morgan fingerprint density at radius 3 is 1.74 bits per heavy atom. The molecule has 1 aliphatic carbocycles. The first-order valence-electron chi connectivity index (χ1n) is 12.1. The van der Waals surface area contributed by atoms with E-state index < -0.39 is 47.1 Å². The van der Waals surface area contributed by atoms with Crippen molar-refractivity contribution in [3.05, 3.63) is 70.3 Å². The molecule has 1 unspecified atom stereocenters. The lowest BCUT2D eigenvalue weighted by atomic mass is 9.71. The summed E-state index contributed by atoms with van der Waals surface area (Å²) in [5.74, 6) is -0.793. The molecule has 0 heterocycles. The molecule has 1 aliphatic rings. The lowest BCUT2D eigenvalue weighted by molar-refractivity contribution is -0.143. The van der Waals surface area contributed by atoms with Gasteiger partial charge in [0.15, 0.2) is 0 Å². The van der Waals surface area contributed by atoms with Gasteiger partial charge in [0, 0.05) is 6.04 Å². The van der Waals surface area contributed by atoms with Gasteiger partial charge in [-0.25, -0.2) is 9.59 Å². The minimum atomic E-state index is -5.07. The molecule has 2 amide bonds. The number of carboxylic acids is 1. The standard InChI is InChI=1S/C27H30F6N2O3/c1-25(2,3)18-8-10-21(11-9-18)34-24(38)35-22(15-4-6-16(7-5-15)23(36)37)17-12-19(26(28,29)30)14-20(13-17)27(31,32)33/h4-7,12-14,18,21-22H,8-11H2,1-3H3,(H,36,37)(H2,34,35,38)/t18-,21-,22?. The van der Waals surface area contributed by atoms with Crippen LogP contribution >= 0.6 is 0 Å². The number of benzene rings is 2. The van der Waals surface area contributed by atoms with E-state index in [1.807, 2.05) is 0 Å². The van der Waals surface area contributed by atoms with E-state index in [0.29, 0.717) is 30.9 Å². The van der Waals surface area contributed by atoms with Crippen LogP contribution in [0.3, 0.4) is 0 Å². The Bertz CT molecular complexity index is 1110. The van der Waals surface area contributed by atoms with Crippen LogP contribution in [-0.4, -0.2) is 23.1 Å². The van der Waals surface area contributed by atoms with Gasteiger partial charge in [-0.15, -0.1) is 0 Å². The second-order valence-electron chi connectivity index (χ2n) is 10.7. The summed E-state index contributed by atoms with van der Waals surface area (Å²) < 4.78 is 81.0.